The van der Waals surface area contributed by atoms with Gasteiger partial charge in [-0.2, -0.15) is 4.90 Å². The van der Waals surface area contributed by atoms with Gasteiger partial charge in [-0.1, -0.05) is 13.8 Å². The van der Waals surface area contributed by atoms with Crippen LogP contribution in [-0.2, 0) is 9.53 Å². The van der Waals surface area contributed by atoms with Crippen molar-refractivity contribution in [3.05, 3.63) is 0 Å². The van der Waals surface area contributed by atoms with E-state index in [1.54, 1.807) is 13.8 Å². The van der Waals surface area contributed by atoms with Crippen molar-refractivity contribution in [2.24, 2.45) is 5.92 Å². The lowest BCUT2D eigenvalue weighted by molar-refractivity contribution is -0.136. The van der Waals surface area contributed by atoms with Gasteiger partial charge in [-0.25, -0.2) is 14.4 Å². The predicted octanol–water partition coefficient (Wildman–Crippen LogP) is 0.668. The monoisotopic (exact) mass is 187 g/mol. The molecule has 0 aromatic carbocycles. The number of hydrogen-bond donors (Lipinski definition) is 1. The molecule has 0 aromatic rings. The SMILES string of the molecule is CC(C)[C@H]1C(=O)OC(=O)N1C(=O)O. The zero-order chi connectivity index (χ0) is 10.2. The minimum absolute atomic E-state index is 0.282. The van der Waals surface area contributed by atoms with Gasteiger partial charge in [0.15, 0.2) is 0 Å². The first-order valence-corrected chi connectivity index (χ1v) is 3.73. The number of ether oxygens (including phenoxy) is 1. The van der Waals surface area contributed by atoms with E-state index in [0.717, 1.165) is 0 Å². The Labute approximate surface area is 74.1 Å². The maximum atomic E-state index is 11.0. The molecule has 1 atom stereocenters. The molecular formula is C7H9NO5. The Balaban J connectivity index is 2.96. The summed E-state index contributed by atoms with van der Waals surface area (Å²) in [5.41, 5.74) is 0. The summed E-state index contributed by atoms with van der Waals surface area (Å²) in [5, 5.41) is 8.59. The van der Waals surface area contributed by atoms with E-state index in [9.17, 15) is 14.4 Å². The summed E-state index contributed by atoms with van der Waals surface area (Å²) in [5.74, 6) is -1.09. The van der Waals surface area contributed by atoms with Crippen molar-refractivity contribution in [3.63, 3.8) is 0 Å². The fourth-order valence-corrected chi connectivity index (χ4v) is 1.18. The molecular weight excluding hydrogens is 178 g/mol. The molecule has 1 N–H and O–H groups in total. The van der Waals surface area contributed by atoms with E-state index < -0.39 is 24.2 Å². The lowest BCUT2D eigenvalue weighted by Crippen LogP contribution is -2.42. The van der Waals surface area contributed by atoms with Crippen molar-refractivity contribution in [2.45, 2.75) is 19.9 Å². The van der Waals surface area contributed by atoms with Crippen LogP contribution in [0.4, 0.5) is 9.59 Å². The molecule has 1 saturated heterocycles. The fraction of sp³-hybridized carbons (Fsp3) is 0.571. The average molecular weight is 187 g/mol. The molecule has 13 heavy (non-hydrogen) atoms. The van der Waals surface area contributed by atoms with Crippen LogP contribution >= 0.6 is 0 Å². The second-order valence-corrected chi connectivity index (χ2v) is 3.03. The number of carbonyl (C=O) groups excluding carboxylic acids is 2. The van der Waals surface area contributed by atoms with Crippen LogP contribution in [0.1, 0.15) is 13.8 Å². The van der Waals surface area contributed by atoms with Crippen LogP contribution in [0.2, 0.25) is 0 Å². The Bertz CT molecular complexity index is 272. The van der Waals surface area contributed by atoms with Crippen LogP contribution in [0.15, 0.2) is 0 Å². The first-order chi connectivity index (χ1) is 5.95. The standard InChI is InChI=1S/C7H9NO5/c1-3(2)4-5(9)13-7(12)8(4)6(10)11/h3-4H,1-2H3,(H,10,11)/t4-/m0/s1. The highest BCUT2D eigenvalue weighted by Gasteiger charge is 2.46. The lowest BCUT2D eigenvalue weighted by atomic mass is 10.0. The van der Waals surface area contributed by atoms with Gasteiger partial charge >= 0.3 is 18.2 Å². The molecule has 0 radical (unpaired) electrons. The number of esters is 1. The van der Waals surface area contributed by atoms with Crippen molar-refractivity contribution in [1.82, 2.24) is 4.90 Å². The summed E-state index contributed by atoms with van der Waals surface area (Å²) in [6.45, 7) is 3.28. The molecule has 0 bridgehead atoms. The van der Waals surface area contributed by atoms with Gasteiger partial charge in [0, 0.05) is 0 Å². The van der Waals surface area contributed by atoms with Crippen molar-refractivity contribution in [1.29, 1.82) is 0 Å². The van der Waals surface area contributed by atoms with Gasteiger partial charge in [0.1, 0.15) is 6.04 Å². The van der Waals surface area contributed by atoms with Crippen molar-refractivity contribution < 1.29 is 24.2 Å². The molecule has 72 valence electrons. The molecule has 6 heteroatoms. The topological polar surface area (TPSA) is 83.9 Å². The number of amides is 2. The van der Waals surface area contributed by atoms with Crippen molar-refractivity contribution >= 4 is 18.2 Å². The number of carboxylic acid groups (broad SMARTS) is 1. The van der Waals surface area contributed by atoms with Gasteiger partial charge < -0.3 is 9.84 Å². The number of nitrogens with zero attached hydrogens (tertiary/aromatic N) is 1. The summed E-state index contributed by atoms with van der Waals surface area (Å²) in [4.78, 5) is 32.8. The summed E-state index contributed by atoms with van der Waals surface area (Å²) in [6.07, 6.45) is -2.58. The summed E-state index contributed by atoms with van der Waals surface area (Å²) in [6, 6.07) is -1.01. The van der Waals surface area contributed by atoms with Gasteiger partial charge in [0.25, 0.3) is 0 Å². The van der Waals surface area contributed by atoms with Crippen molar-refractivity contribution in [3.8, 4) is 0 Å². The van der Waals surface area contributed by atoms with E-state index >= 15 is 0 Å². The van der Waals surface area contributed by atoms with Gasteiger partial charge in [-0.15, -0.1) is 0 Å². The quantitative estimate of drug-likeness (QED) is 0.481. The maximum Gasteiger partial charge on any atom is 0.427 e. The van der Waals surface area contributed by atoms with E-state index in [0.29, 0.717) is 4.90 Å². The van der Waals surface area contributed by atoms with E-state index in [2.05, 4.69) is 4.74 Å². The minimum Gasteiger partial charge on any atom is -0.464 e. The molecule has 1 rings (SSSR count). The normalized spacial score (nSPS) is 22.4. The first kappa shape index (κ1) is 9.50. The van der Waals surface area contributed by atoms with Gasteiger partial charge in [-0.05, 0) is 5.92 Å². The molecule has 0 unspecified atom stereocenters. The number of hydrogen-bond acceptors (Lipinski definition) is 4. The highest BCUT2D eigenvalue weighted by molar-refractivity contribution is 6.03. The molecule has 1 heterocycles. The average Bonchev–Trinajstić information content (AvgIpc) is 2.24. The Kier molecular flexibility index (Phi) is 2.22. The Morgan fingerprint density at radius 3 is 2.38 bits per heavy atom. The van der Waals surface area contributed by atoms with Crippen LogP contribution in [0, 0.1) is 5.92 Å². The molecule has 2 amide bonds. The third-order valence-corrected chi connectivity index (χ3v) is 1.74. The Morgan fingerprint density at radius 2 is 2.08 bits per heavy atom. The summed E-state index contributed by atoms with van der Waals surface area (Å²) in [7, 11) is 0. The zero-order valence-electron chi connectivity index (χ0n) is 7.18. The number of imide groups is 1. The maximum absolute atomic E-state index is 11.0. The molecule has 0 aromatic heterocycles. The highest BCUT2D eigenvalue weighted by Crippen LogP contribution is 2.20. The fourth-order valence-electron chi connectivity index (χ4n) is 1.18. The predicted molar refractivity (Wildman–Crippen MR) is 40.0 cm³/mol. The first-order valence-electron chi connectivity index (χ1n) is 3.73. The van der Waals surface area contributed by atoms with Crippen molar-refractivity contribution in [2.75, 3.05) is 0 Å². The molecule has 0 spiro atoms. The minimum atomic E-state index is -1.46. The molecule has 0 saturated carbocycles. The second kappa shape index (κ2) is 3.04. The summed E-state index contributed by atoms with van der Waals surface area (Å²) < 4.78 is 4.18. The highest BCUT2D eigenvalue weighted by atomic mass is 16.6. The van der Waals surface area contributed by atoms with Gasteiger partial charge in [0.2, 0.25) is 0 Å². The number of rotatable bonds is 1. The summed E-state index contributed by atoms with van der Waals surface area (Å²) >= 11 is 0. The largest absolute Gasteiger partial charge is 0.464 e. The second-order valence-electron chi connectivity index (χ2n) is 3.03. The zero-order valence-corrected chi connectivity index (χ0v) is 7.18. The molecule has 6 nitrogen and oxygen atoms in total. The Morgan fingerprint density at radius 1 is 1.54 bits per heavy atom. The lowest BCUT2D eigenvalue weighted by Gasteiger charge is -2.17. The van der Waals surface area contributed by atoms with Gasteiger partial charge in [-0.3, -0.25) is 0 Å². The van der Waals surface area contributed by atoms with E-state index in [1.165, 1.54) is 0 Å². The third-order valence-electron chi connectivity index (χ3n) is 1.74. The third kappa shape index (κ3) is 1.47. The van der Waals surface area contributed by atoms with Crippen LogP contribution in [-0.4, -0.2) is 34.2 Å². The number of carbonyl (C=O) groups is 3. The number of cyclic esters (lactones) is 2. The van der Waals surface area contributed by atoms with Crippen LogP contribution in [0.25, 0.3) is 0 Å². The van der Waals surface area contributed by atoms with E-state index in [-0.39, 0.29) is 5.92 Å². The molecule has 0 aliphatic carbocycles. The van der Waals surface area contributed by atoms with Crippen LogP contribution < -0.4 is 0 Å². The molecule has 1 aliphatic rings. The van der Waals surface area contributed by atoms with E-state index in [4.69, 9.17) is 5.11 Å². The van der Waals surface area contributed by atoms with Gasteiger partial charge in [0.05, 0.1) is 0 Å². The molecule has 1 fully saturated rings. The van der Waals surface area contributed by atoms with Crippen LogP contribution in [0.3, 0.4) is 0 Å². The van der Waals surface area contributed by atoms with E-state index in [1.807, 2.05) is 0 Å². The smallest absolute Gasteiger partial charge is 0.427 e. The Hall–Kier alpha value is -1.59. The van der Waals surface area contributed by atoms with Crippen LogP contribution in [0.5, 0.6) is 0 Å². The molecule has 1 aliphatic heterocycles.